The quantitative estimate of drug-likeness (QED) is 0.463. The molecule has 82 valence electrons. The first-order valence-corrected chi connectivity index (χ1v) is 5.61. The molecule has 1 aromatic carbocycles. The summed E-state index contributed by atoms with van der Waals surface area (Å²) < 4.78 is 32.6. The minimum Gasteiger partial charge on any atom is -0.290 e. The maximum atomic E-state index is 10.1. The monoisotopic (exact) mass is 229 g/mol. The Balaban J connectivity index is 2.30. The summed E-state index contributed by atoms with van der Waals surface area (Å²) >= 11 is 0. The van der Waals surface area contributed by atoms with Crippen LogP contribution in [0.2, 0.25) is 0 Å². The Morgan fingerprint density at radius 3 is 2.60 bits per heavy atom. The first-order valence-electron chi connectivity index (χ1n) is 4.25. The molecule has 1 rings (SSSR count). The molecule has 15 heavy (non-hydrogen) atoms. The van der Waals surface area contributed by atoms with Crippen LogP contribution in [0.3, 0.4) is 0 Å². The van der Waals surface area contributed by atoms with Gasteiger partial charge in [-0.1, -0.05) is 30.3 Å². The highest BCUT2D eigenvalue weighted by Gasteiger charge is 2.01. The lowest BCUT2D eigenvalue weighted by Crippen LogP contribution is -2.06. The van der Waals surface area contributed by atoms with E-state index in [1.54, 1.807) is 6.21 Å². The zero-order chi connectivity index (χ0) is 11.1. The molecule has 0 fully saturated rings. The van der Waals surface area contributed by atoms with Gasteiger partial charge in [-0.15, -0.1) is 0 Å². The van der Waals surface area contributed by atoms with Gasteiger partial charge in [0.2, 0.25) is 0 Å². The Kier molecular flexibility index (Phi) is 4.41. The van der Waals surface area contributed by atoms with Crippen molar-refractivity contribution in [1.29, 1.82) is 0 Å². The molecule has 5 nitrogen and oxygen atoms in total. The van der Waals surface area contributed by atoms with Crippen molar-refractivity contribution in [1.82, 2.24) is 0 Å². The van der Waals surface area contributed by atoms with Gasteiger partial charge in [-0.25, -0.2) is 4.18 Å². The topological polar surface area (TPSA) is 76.0 Å². The molecule has 0 heterocycles. The third-order valence-electron chi connectivity index (χ3n) is 1.49. The van der Waals surface area contributed by atoms with Gasteiger partial charge in [-0.05, 0) is 5.56 Å². The average molecular weight is 229 g/mol. The van der Waals surface area contributed by atoms with Crippen LogP contribution in [-0.2, 0) is 14.6 Å². The van der Waals surface area contributed by atoms with Gasteiger partial charge in [0.25, 0.3) is 0 Å². The Morgan fingerprint density at radius 2 is 2.00 bits per heavy atom. The maximum Gasteiger partial charge on any atom is 0.397 e. The Bertz CT molecular complexity index is 413. The number of nitrogens with zero attached hydrogens (tertiary/aromatic N) is 1. The largest absolute Gasteiger partial charge is 0.397 e. The fourth-order valence-corrected chi connectivity index (χ4v) is 1.19. The van der Waals surface area contributed by atoms with Gasteiger partial charge in [0.15, 0.2) is 0 Å². The van der Waals surface area contributed by atoms with Crippen LogP contribution in [0.15, 0.2) is 35.3 Å². The lowest BCUT2D eigenvalue weighted by molar-refractivity contribution is 0.276. The molecule has 6 heteroatoms. The first kappa shape index (κ1) is 11.8. The summed E-state index contributed by atoms with van der Waals surface area (Å²) in [4.78, 5) is 3.92. The maximum absolute atomic E-state index is 10.1. The highest BCUT2D eigenvalue weighted by Crippen LogP contribution is 1.94. The van der Waals surface area contributed by atoms with Crippen LogP contribution in [0, 0.1) is 0 Å². The zero-order valence-corrected chi connectivity index (χ0v) is 8.72. The van der Waals surface area contributed by atoms with Gasteiger partial charge >= 0.3 is 10.4 Å². The molecule has 0 amide bonds. The van der Waals surface area contributed by atoms with E-state index in [4.69, 9.17) is 4.55 Å². The SMILES string of the molecule is O=S(=O)(O)OCCN=Cc1ccccc1. The van der Waals surface area contributed by atoms with Crippen molar-refractivity contribution in [2.24, 2.45) is 4.99 Å². The van der Waals surface area contributed by atoms with E-state index in [1.165, 1.54) is 0 Å². The second-order valence-corrected chi connectivity index (χ2v) is 3.79. The molecule has 0 aliphatic rings. The fourth-order valence-electron chi connectivity index (χ4n) is 0.904. The molecule has 0 aliphatic carbocycles. The minimum absolute atomic E-state index is 0.165. The van der Waals surface area contributed by atoms with Crippen LogP contribution in [-0.4, -0.2) is 32.3 Å². The molecule has 1 N–H and O–H groups in total. The van der Waals surface area contributed by atoms with Crippen LogP contribution < -0.4 is 0 Å². The average Bonchev–Trinajstić information content (AvgIpc) is 2.17. The Morgan fingerprint density at radius 1 is 1.33 bits per heavy atom. The highest BCUT2D eigenvalue weighted by molar-refractivity contribution is 7.80. The lowest BCUT2D eigenvalue weighted by Gasteiger charge is -1.95. The van der Waals surface area contributed by atoms with Crippen molar-refractivity contribution in [3.8, 4) is 0 Å². The standard InChI is InChI=1S/C9H11NO4S/c11-15(12,13)14-7-6-10-8-9-4-2-1-3-5-9/h1-5,8H,6-7H2,(H,11,12,13). The molecule has 0 saturated heterocycles. The van der Waals surface area contributed by atoms with E-state index in [-0.39, 0.29) is 13.2 Å². The number of benzene rings is 1. The summed E-state index contributed by atoms with van der Waals surface area (Å²) in [6.45, 7) is 0.0108. The predicted molar refractivity (Wildman–Crippen MR) is 56.4 cm³/mol. The Labute approximate surface area is 88.4 Å². The van der Waals surface area contributed by atoms with E-state index in [9.17, 15) is 8.42 Å². The van der Waals surface area contributed by atoms with Gasteiger partial charge in [-0.2, -0.15) is 8.42 Å². The van der Waals surface area contributed by atoms with E-state index < -0.39 is 10.4 Å². The normalized spacial score (nSPS) is 12.1. The highest BCUT2D eigenvalue weighted by atomic mass is 32.3. The van der Waals surface area contributed by atoms with E-state index in [1.807, 2.05) is 30.3 Å². The van der Waals surface area contributed by atoms with Crippen molar-refractivity contribution in [3.63, 3.8) is 0 Å². The molecule has 0 unspecified atom stereocenters. The van der Waals surface area contributed by atoms with E-state index in [2.05, 4.69) is 9.18 Å². The van der Waals surface area contributed by atoms with Gasteiger partial charge < -0.3 is 0 Å². The van der Waals surface area contributed by atoms with Crippen LogP contribution in [0.1, 0.15) is 5.56 Å². The van der Waals surface area contributed by atoms with Gasteiger partial charge in [-0.3, -0.25) is 9.55 Å². The molecular formula is C9H11NO4S. The summed E-state index contributed by atoms with van der Waals surface area (Å²) in [5.74, 6) is 0. The van der Waals surface area contributed by atoms with E-state index in [0.717, 1.165) is 5.56 Å². The predicted octanol–water partition coefficient (Wildman–Crippen LogP) is 0.925. The number of hydrogen-bond donors (Lipinski definition) is 1. The minimum atomic E-state index is -4.34. The van der Waals surface area contributed by atoms with Crippen molar-refractivity contribution >= 4 is 16.6 Å². The van der Waals surface area contributed by atoms with Crippen LogP contribution >= 0.6 is 0 Å². The van der Waals surface area contributed by atoms with Crippen LogP contribution in [0.4, 0.5) is 0 Å². The number of hydrogen-bond acceptors (Lipinski definition) is 4. The van der Waals surface area contributed by atoms with Crippen LogP contribution in [0.5, 0.6) is 0 Å². The van der Waals surface area contributed by atoms with Crippen molar-refractivity contribution < 1.29 is 17.2 Å². The summed E-state index contributed by atoms with van der Waals surface area (Å²) in [6, 6.07) is 9.37. The van der Waals surface area contributed by atoms with Gasteiger partial charge in [0.1, 0.15) is 0 Å². The molecule has 0 saturated carbocycles. The van der Waals surface area contributed by atoms with Gasteiger partial charge in [0, 0.05) is 6.21 Å². The van der Waals surface area contributed by atoms with Crippen molar-refractivity contribution in [2.45, 2.75) is 0 Å². The summed E-state index contributed by atoms with van der Waals surface area (Å²) in [7, 11) is -4.34. The summed E-state index contributed by atoms with van der Waals surface area (Å²) in [5.41, 5.74) is 0.921. The molecule has 1 aromatic rings. The lowest BCUT2D eigenvalue weighted by atomic mass is 10.2. The number of rotatable bonds is 5. The number of aliphatic imine (C=N–C) groups is 1. The second-order valence-electron chi connectivity index (χ2n) is 2.70. The zero-order valence-electron chi connectivity index (χ0n) is 7.91. The van der Waals surface area contributed by atoms with Crippen molar-refractivity contribution in [2.75, 3.05) is 13.2 Å². The summed E-state index contributed by atoms with van der Waals surface area (Å²) in [5, 5.41) is 0. The smallest absolute Gasteiger partial charge is 0.290 e. The molecular weight excluding hydrogens is 218 g/mol. The van der Waals surface area contributed by atoms with Gasteiger partial charge in [0.05, 0.1) is 13.2 Å². The first-order chi connectivity index (χ1) is 7.08. The van der Waals surface area contributed by atoms with Crippen molar-refractivity contribution in [3.05, 3.63) is 35.9 Å². The molecule has 0 bridgehead atoms. The molecule has 0 aromatic heterocycles. The molecule has 0 atom stereocenters. The molecule has 0 aliphatic heterocycles. The third kappa shape index (κ3) is 5.95. The molecule has 0 radical (unpaired) electrons. The fraction of sp³-hybridized carbons (Fsp3) is 0.222. The van der Waals surface area contributed by atoms with Crippen LogP contribution in [0.25, 0.3) is 0 Å². The summed E-state index contributed by atoms with van der Waals surface area (Å²) in [6.07, 6.45) is 1.60. The second kappa shape index (κ2) is 5.59. The van der Waals surface area contributed by atoms with E-state index in [0.29, 0.717) is 0 Å². The third-order valence-corrected chi connectivity index (χ3v) is 1.96. The Hall–Kier alpha value is -1.24. The van der Waals surface area contributed by atoms with E-state index >= 15 is 0 Å². The molecule has 0 spiro atoms.